The van der Waals surface area contributed by atoms with Crippen LogP contribution in [-0.4, -0.2) is 10.2 Å². The minimum absolute atomic E-state index is 0.397. The second-order valence-corrected chi connectivity index (χ2v) is 10.1. The van der Waals surface area contributed by atoms with Crippen molar-refractivity contribution < 1.29 is 13.7 Å². The highest BCUT2D eigenvalue weighted by molar-refractivity contribution is 7.95. The second-order valence-electron chi connectivity index (χ2n) is 8.31. The molecule has 164 valence electrons. The lowest BCUT2D eigenvalue weighted by atomic mass is 9.99. The Kier molecular flexibility index (Phi) is 5.45. The fraction of sp³-hybridized carbons (Fsp3) is 0.333. The predicted octanol–water partition coefficient (Wildman–Crippen LogP) is 4.43. The van der Waals surface area contributed by atoms with Crippen molar-refractivity contribution in [3.63, 3.8) is 0 Å². The van der Waals surface area contributed by atoms with Gasteiger partial charge in [0.05, 0.1) is 6.61 Å². The van der Waals surface area contributed by atoms with Crippen LogP contribution >= 0.6 is 0 Å². The van der Waals surface area contributed by atoms with E-state index in [4.69, 9.17) is 10.00 Å². The number of benzene rings is 2. The number of nitriles is 1. The Balaban J connectivity index is 1.37. The van der Waals surface area contributed by atoms with Gasteiger partial charge in [0.2, 0.25) is 6.19 Å². The molecule has 2 amide bonds. The molecule has 1 aliphatic heterocycles. The van der Waals surface area contributed by atoms with E-state index in [0.717, 1.165) is 55.3 Å². The van der Waals surface area contributed by atoms with E-state index < -0.39 is 22.1 Å². The zero-order valence-corrected chi connectivity index (χ0v) is 18.4. The van der Waals surface area contributed by atoms with Crippen molar-refractivity contribution in [3.05, 3.63) is 75.2 Å². The summed E-state index contributed by atoms with van der Waals surface area (Å²) in [5.41, 5.74) is 7.82. The lowest BCUT2D eigenvalue weighted by Gasteiger charge is -2.17. The number of amides is 2. The summed E-state index contributed by atoms with van der Waals surface area (Å²) in [4.78, 5) is 12.9. The van der Waals surface area contributed by atoms with Gasteiger partial charge >= 0.3 is 6.03 Å². The number of ether oxygens (including phenoxy) is 1. The fourth-order valence-corrected chi connectivity index (χ4v) is 5.90. The van der Waals surface area contributed by atoms with Crippen LogP contribution in [0.3, 0.4) is 0 Å². The number of urea groups is 1. The lowest BCUT2D eigenvalue weighted by Crippen LogP contribution is -2.33. The number of anilines is 1. The molecule has 2 unspecified atom stereocenters. The maximum absolute atomic E-state index is 13.2. The Hall–Kier alpha value is -3.15. The summed E-state index contributed by atoms with van der Waals surface area (Å²) < 4.78 is 24.9. The molecule has 0 aromatic heterocycles. The quantitative estimate of drug-likeness (QED) is 0.675. The van der Waals surface area contributed by atoms with Crippen LogP contribution in [0.1, 0.15) is 52.3 Å². The number of fused-ring (bicyclic) bond motifs is 3. The number of hydrogen-bond donors (Lipinski definition) is 2. The van der Waals surface area contributed by atoms with Crippen molar-refractivity contribution in [2.24, 2.45) is 4.36 Å². The van der Waals surface area contributed by atoms with Crippen molar-refractivity contribution >= 4 is 21.6 Å². The van der Waals surface area contributed by atoms with Crippen LogP contribution in [0.4, 0.5) is 10.5 Å². The molecule has 1 heterocycles. The molecule has 5 rings (SSSR count). The first kappa shape index (κ1) is 20.7. The third-order valence-electron chi connectivity index (χ3n) is 6.34. The summed E-state index contributed by atoms with van der Waals surface area (Å²) in [7, 11) is -3.44. The molecule has 0 fully saturated rings. The highest BCUT2D eigenvalue weighted by atomic mass is 32.2. The Labute approximate surface area is 187 Å². The second kappa shape index (κ2) is 8.41. The summed E-state index contributed by atoms with van der Waals surface area (Å²) in [6.07, 6.45) is 8.79. The molecule has 0 bridgehead atoms. The molecule has 0 spiro atoms. The van der Waals surface area contributed by atoms with Crippen LogP contribution in [-0.2, 0) is 46.9 Å². The number of aryl methyl sites for hydroxylation is 2. The SMILES string of the molecule is N#CN=S(=O)(/C=C/C1OCc2ccccc21)NC(=O)Nc1c2c(cc3c1CCC3)CCC2. The number of nitrogens with one attached hydrogen (secondary N) is 2. The minimum Gasteiger partial charge on any atom is -0.365 e. The van der Waals surface area contributed by atoms with Crippen molar-refractivity contribution in [3.8, 4) is 6.19 Å². The van der Waals surface area contributed by atoms with E-state index in [9.17, 15) is 9.00 Å². The molecule has 32 heavy (non-hydrogen) atoms. The van der Waals surface area contributed by atoms with Gasteiger partial charge in [0.25, 0.3) is 0 Å². The van der Waals surface area contributed by atoms with E-state index >= 15 is 0 Å². The zero-order chi connectivity index (χ0) is 22.1. The normalized spacial score (nSPS) is 20.2. The molecule has 3 aliphatic rings. The molecule has 2 aliphatic carbocycles. The molecule has 8 heteroatoms. The van der Waals surface area contributed by atoms with Gasteiger partial charge in [-0.25, -0.2) is 13.7 Å². The summed E-state index contributed by atoms with van der Waals surface area (Å²) in [6, 6.07) is 9.42. The molecule has 0 radical (unpaired) electrons. The topological polar surface area (TPSA) is 104 Å². The van der Waals surface area contributed by atoms with Crippen molar-refractivity contribution in [1.82, 2.24) is 4.72 Å². The van der Waals surface area contributed by atoms with Gasteiger partial charge in [0, 0.05) is 11.1 Å². The molecule has 2 aromatic rings. The van der Waals surface area contributed by atoms with Crippen LogP contribution < -0.4 is 10.0 Å². The minimum atomic E-state index is -3.44. The predicted molar refractivity (Wildman–Crippen MR) is 122 cm³/mol. The summed E-state index contributed by atoms with van der Waals surface area (Å²) in [6.45, 7) is 0.458. The number of nitrogens with zero attached hydrogens (tertiary/aromatic N) is 2. The van der Waals surface area contributed by atoms with Gasteiger partial charge in [-0.3, -0.25) is 0 Å². The molecular weight excluding hydrogens is 424 g/mol. The number of rotatable bonds is 4. The Morgan fingerprint density at radius 3 is 2.56 bits per heavy atom. The molecule has 2 atom stereocenters. The molecule has 7 nitrogen and oxygen atoms in total. The average Bonchev–Trinajstić information content (AvgIpc) is 3.51. The Morgan fingerprint density at radius 2 is 1.84 bits per heavy atom. The van der Waals surface area contributed by atoms with E-state index in [1.807, 2.05) is 24.3 Å². The molecule has 0 saturated carbocycles. The highest BCUT2D eigenvalue weighted by Gasteiger charge is 2.26. The number of carbonyl (C=O) groups is 1. The van der Waals surface area contributed by atoms with Gasteiger partial charge in [-0.2, -0.15) is 5.26 Å². The third-order valence-corrected chi connectivity index (χ3v) is 7.70. The first-order chi connectivity index (χ1) is 15.6. The van der Waals surface area contributed by atoms with E-state index in [1.165, 1.54) is 27.7 Å². The van der Waals surface area contributed by atoms with Crippen molar-refractivity contribution in [2.45, 2.75) is 51.2 Å². The van der Waals surface area contributed by atoms with E-state index in [0.29, 0.717) is 6.61 Å². The van der Waals surface area contributed by atoms with Gasteiger partial charge in [-0.15, -0.1) is 0 Å². The van der Waals surface area contributed by atoms with Crippen LogP contribution in [0.25, 0.3) is 0 Å². The van der Waals surface area contributed by atoms with Crippen LogP contribution in [0.15, 0.2) is 46.2 Å². The molecular formula is C24H24N4O3S. The summed E-state index contributed by atoms with van der Waals surface area (Å²) in [5.74, 6) is 0. The van der Waals surface area contributed by atoms with Gasteiger partial charge < -0.3 is 10.1 Å². The van der Waals surface area contributed by atoms with Crippen LogP contribution in [0.2, 0.25) is 0 Å². The molecule has 2 N–H and O–H groups in total. The van der Waals surface area contributed by atoms with Crippen molar-refractivity contribution in [1.29, 1.82) is 5.26 Å². The largest absolute Gasteiger partial charge is 0.365 e. The van der Waals surface area contributed by atoms with Gasteiger partial charge in [0.1, 0.15) is 6.10 Å². The fourth-order valence-electron chi connectivity index (χ4n) is 4.94. The van der Waals surface area contributed by atoms with E-state index in [2.05, 4.69) is 20.5 Å². The summed E-state index contributed by atoms with van der Waals surface area (Å²) in [5, 5.41) is 13.3. The lowest BCUT2D eigenvalue weighted by molar-refractivity contribution is 0.0992. The first-order valence-electron chi connectivity index (χ1n) is 10.8. The summed E-state index contributed by atoms with van der Waals surface area (Å²) >= 11 is 0. The maximum atomic E-state index is 13.2. The highest BCUT2D eigenvalue weighted by Crippen LogP contribution is 2.38. The van der Waals surface area contributed by atoms with Crippen LogP contribution in [0, 0.1) is 11.5 Å². The third kappa shape index (κ3) is 3.90. The van der Waals surface area contributed by atoms with Crippen molar-refractivity contribution in [2.75, 3.05) is 5.32 Å². The number of hydrogen-bond acceptors (Lipinski definition) is 5. The zero-order valence-electron chi connectivity index (χ0n) is 17.6. The Bertz CT molecular complexity index is 1250. The average molecular weight is 449 g/mol. The van der Waals surface area contributed by atoms with Gasteiger partial charge in [0.15, 0.2) is 9.92 Å². The first-order valence-corrected chi connectivity index (χ1v) is 12.4. The Morgan fingerprint density at radius 1 is 1.12 bits per heavy atom. The smallest absolute Gasteiger partial charge is 0.331 e. The maximum Gasteiger partial charge on any atom is 0.331 e. The molecule has 0 saturated heterocycles. The number of carbonyl (C=O) groups excluding carboxylic acids is 1. The molecule has 2 aromatic carbocycles. The van der Waals surface area contributed by atoms with Crippen LogP contribution in [0.5, 0.6) is 0 Å². The standard InChI is InChI=1S/C24H24N4O3S/c25-15-26-32(30,12-11-22-19-8-2-1-5-18(19)14-31-22)28-24(29)27-23-20-9-3-6-16(20)13-17-7-4-10-21(17)23/h1-2,5,8,11-13,22H,3-4,6-7,9-10,14H2,(H2,26,27,28,29,30)/b12-11+. The van der Waals surface area contributed by atoms with Gasteiger partial charge in [-0.1, -0.05) is 34.7 Å². The van der Waals surface area contributed by atoms with E-state index in [1.54, 1.807) is 12.3 Å². The monoisotopic (exact) mass is 448 g/mol. The van der Waals surface area contributed by atoms with E-state index in [-0.39, 0.29) is 0 Å². The van der Waals surface area contributed by atoms with Gasteiger partial charge in [-0.05, 0) is 78.0 Å².